The Kier molecular flexibility index (Phi) is 3.17. The molecule has 0 amide bonds. The third-order valence-electron chi connectivity index (χ3n) is 2.29. The first kappa shape index (κ1) is 10.4. The summed E-state index contributed by atoms with van der Waals surface area (Å²) in [5.74, 6) is 0. The van der Waals surface area contributed by atoms with Gasteiger partial charge >= 0.3 is 6.16 Å². The molecule has 1 unspecified atom stereocenters. The third kappa shape index (κ3) is 3.25. The maximum Gasteiger partial charge on any atom is 0.509 e. The topological polar surface area (TPSA) is 35.5 Å². The molecule has 1 aliphatic carbocycles. The number of carbonyl (C=O) groups is 1. The quantitative estimate of drug-likeness (QED) is 0.620. The summed E-state index contributed by atoms with van der Waals surface area (Å²) in [6.07, 6.45) is 3.19. The van der Waals surface area contributed by atoms with Crippen LogP contribution in [0.5, 0.6) is 0 Å². The maximum absolute atomic E-state index is 11.1. The number of ether oxygens (including phenoxy) is 2. The molecule has 75 valence electrons. The van der Waals surface area contributed by atoms with Gasteiger partial charge in [-0.15, -0.1) is 0 Å². The van der Waals surface area contributed by atoms with Gasteiger partial charge in [0.2, 0.25) is 0 Å². The van der Waals surface area contributed by atoms with Crippen molar-refractivity contribution < 1.29 is 14.3 Å². The Morgan fingerprint density at radius 3 is 2.46 bits per heavy atom. The molecule has 1 saturated carbocycles. The van der Waals surface area contributed by atoms with Crippen molar-refractivity contribution in [1.29, 1.82) is 0 Å². The zero-order valence-electron chi connectivity index (χ0n) is 8.34. The minimum absolute atomic E-state index is 0.300. The molecule has 1 atom stereocenters. The third-order valence-corrected chi connectivity index (χ3v) is 2.29. The molecule has 0 N–H and O–H groups in total. The molecular formula is C10H17O3. The number of hydrogen-bond acceptors (Lipinski definition) is 3. The molecule has 1 radical (unpaired) electrons. The Morgan fingerprint density at radius 2 is 2.00 bits per heavy atom. The van der Waals surface area contributed by atoms with Gasteiger partial charge in [0, 0.05) is 0 Å². The molecule has 3 nitrogen and oxygen atoms in total. The number of rotatable bonds is 2. The highest BCUT2D eigenvalue weighted by Crippen LogP contribution is 2.32. The first-order valence-corrected chi connectivity index (χ1v) is 4.74. The van der Waals surface area contributed by atoms with Gasteiger partial charge < -0.3 is 9.47 Å². The monoisotopic (exact) mass is 185 g/mol. The second-order valence-electron chi connectivity index (χ2n) is 3.94. The van der Waals surface area contributed by atoms with Crippen LogP contribution in [0, 0.1) is 6.92 Å². The normalized spacial score (nSPS) is 20.3. The fourth-order valence-corrected chi connectivity index (χ4v) is 1.61. The zero-order valence-corrected chi connectivity index (χ0v) is 8.34. The lowest BCUT2D eigenvalue weighted by atomic mass is 10.1. The summed E-state index contributed by atoms with van der Waals surface area (Å²) in [5.41, 5.74) is -0.300. The predicted molar refractivity (Wildman–Crippen MR) is 49.3 cm³/mol. The fraction of sp³-hybridized carbons (Fsp3) is 0.800. The first-order valence-electron chi connectivity index (χ1n) is 4.74. The lowest BCUT2D eigenvalue weighted by Gasteiger charge is -2.23. The van der Waals surface area contributed by atoms with Crippen molar-refractivity contribution >= 4 is 6.16 Å². The van der Waals surface area contributed by atoms with E-state index in [4.69, 9.17) is 9.47 Å². The van der Waals surface area contributed by atoms with E-state index in [1.54, 1.807) is 6.92 Å². The van der Waals surface area contributed by atoms with Crippen LogP contribution in [0.4, 0.5) is 4.79 Å². The average Bonchev–Trinajstić information content (AvgIpc) is 2.33. The van der Waals surface area contributed by atoms with Gasteiger partial charge in [-0.1, -0.05) is 0 Å². The highest BCUT2D eigenvalue weighted by molar-refractivity contribution is 5.60. The van der Waals surface area contributed by atoms with Gasteiger partial charge in [0.05, 0.1) is 0 Å². The lowest BCUT2D eigenvalue weighted by molar-refractivity contribution is -0.0298. The first-order chi connectivity index (χ1) is 6.02. The number of carbonyl (C=O) groups excluding carboxylic acids is 1. The van der Waals surface area contributed by atoms with Gasteiger partial charge in [0.1, 0.15) is 11.7 Å². The molecular weight excluding hydrogens is 168 g/mol. The van der Waals surface area contributed by atoms with Crippen molar-refractivity contribution in [3.8, 4) is 0 Å². The van der Waals surface area contributed by atoms with Crippen molar-refractivity contribution in [1.82, 2.24) is 0 Å². The Labute approximate surface area is 79.4 Å². The molecule has 0 spiro atoms. The molecule has 1 rings (SSSR count). The van der Waals surface area contributed by atoms with E-state index >= 15 is 0 Å². The molecule has 0 bridgehead atoms. The fourth-order valence-electron chi connectivity index (χ4n) is 1.61. The van der Waals surface area contributed by atoms with Crippen molar-refractivity contribution in [3.05, 3.63) is 6.92 Å². The van der Waals surface area contributed by atoms with Crippen LogP contribution in [0.1, 0.15) is 39.5 Å². The molecule has 0 aliphatic heterocycles. The van der Waals surface area contributed by atoms with Crippen LogP contribution in [0.3, 0.4) is 0 Å². The average molecular weight is 185 g/mol. The molecule has 0 heterocycles. The zero-order chi connectivity index (χ0) is 9.90. The van der Waals surface area contributed by atoms with E-state index in [-0.39, 0.29) is 11.7 Å². The van der Waals surface area contributed by atoms with E-state index < -0.39 is 6.16 Å². The summed E-state index contributed by atoms with van der Waals surface area (Å²) in [6.45, 7) is 7.21. The van der Waals surface area contributed by atoms with Crippen LogP contribution in [0.2, 0.25) is 0 Å². The Hall–Kier alpha value is -0.730. The summed E-state index contributed by atoms with van der Waals surface area (Å²) >= 11 is 0. The SMILES string of the molecule is [CH2]C(C)OC(=O)OC1(C)CCCC1. The smallest absolute Gasteiger partial charge is 0.431 e. The highest BCUT2D eigenvalue weighted by Gasteiger charge is 2.33. The van der Waals surface area contributed by atoms with E-state index in [1.807, 2.05) is 6.92 Å². The van der Waals surface area contributed by atoms with E-state index in [1.165, 1.54) is 0 Å². The second kappa shape index (κ2) is 3.99. The van der Waals surface area contributed by atoms with Crippen LogP contribution in [-0.2, 0) is 9.47 Å². The van der Waals surface area contributed by atoms with Crippen LogP contribution in [-0.4, -0.2) is 17.9 Å². The summed E-state index contributed by atoms with van der Waals surface area (Å²) in [5, 5.41) is 0. The van der Waals surface area contributed by atoms with E-state index in [0.717, 1.165) is 25.7 Å². The molecule has 0 saturated heterocycles. The standard InChI is InChI=1S/C10H17O3/c1-8(2)12-9(11)13-10(3)6-4-5-7-10/h8H,1,4-7H2,2-3H3. The molecule has 3 heteroatoms. The Morgan fingerprint density at radius 1 is 1.46 bits per heavy atom. The lowest BCUT2D eigenvalue weighted by Crippen LogP contribution is -2.29. The summed E-state index contributed by atoms with van der Waals surface area (Å²) in [6, 6.07) is 0. The van der Waals surface area contributed by atoms with Crippen molar-refractivity contribution in [3.63, 3.8) is 0 Å². The van der Waals surface area contributed by atoms with Crippen LogP contribution in [0.25, 0.3) is 0 Å². The van der Waals surface area contributed by atoms with E-state index in [2.05, 4.69) is 6.92 Å². The molecule has 1 aliphatic rings. The molecule has 13 heavy (non-hydrogen) atoms. The maximum atomic E-state index is 11.1. The van der Waals surface area contributed by atoms with E-state index in [0.29, 0.717) is 0 Å². The van der Waals surface area contributed by atoms with Crippen LogP contribution < -0.4 is 0 Å². The van der Waals surface area contributed by atoms with Crippen molar-refractivity contribution in [2.75, 3.05) is 0 Å². The summed E-state index contributed by atoms with van der Waals surface area (Å²) in [7, 11) is 0. The Bertz CT molecular complexity index is 181. The van der Waals surface area contributed by atoms with Crippen LogP contribution in [0.15, 0.2) is 0 Å². The van der Waals surface area contributed by atoms with Gasteiger partial charge in [0.15, 0.2) is 0 Å². The Balaban J connectivity index is 2.34. The number of hydrogen-bond donors (Lipinski definition) is 0. The second-order valence-corrected chi connectivity index (χ2v) is 3.94. The molecule has 0 aromatic carbocycles. The molecule has 0 aromatic heterocycles. The largest absolute Gasteiger partial charge is 0.509 e. The molecule has 1 fully saturated rings. The summed E-state index contributed by atoms with van der Waals surface area (Å²) in [4.78, 5) is 11.1. The van der Waals surface area contributed by atoms with Crippen molar-refractivity contribution in [2.24, 2.45) is 0 Å². The van der Waals surface area contributed by atoms with Gasteiger partial charge in [-0.05, 0) is 46.5 Å². The van der Waals surface area contributed by atoms with E-state index in [9.17, 15) is 4.79 Å². The molecule has 0 aromatic rings. The van der Waals surface area contributed by atoms with Crippen molar-refractivity contribution in [2.45, 2.75) is 51.2 Å². The highest BCUT2D eigenvalue weighted by atomic mass is 16.7. The van der Waals surface area contributed by atoms with Gasteiger partial charge in [-0.25, -0.2) is 4.79 Å². The minimum atomic E-state index is -0.591. The van der Waals surface area contributed by atoms with Gasteiger partial charge in [-0.3, -0.25) is 0 Å². The summed E-state index contributed by atoms with van der Waals surface area (Å²) < 4.78 is 10.0. The minimum Gasteiger partial charge on any atom is -0.431 e. The van der Waals surface area contributed by atoms with Gasteiger partial charge in [0.25, 0.3) is 0 Å². The van der Waals surface area contributed by atoms with Crippen LogP contribution >= 0.6 is 0 Å². The van der Waals surface area contributed by atoms with Gasteiger partial charge in [-0.2, -0.15) is 0 Å². The predicted octanol–water partition coefficient (Wildman–Crippen LogP) is 2.69.